The summed E-state index contributed by atoms with van der Waals surface area (Å²) in [5, 5.41) is 2.97. The molecule has 0 aliphatic rings. The molecule has 0 aliphatic carbocycles. The minimum atomic E-state index is -0.630. The topological polar surface area (TPSA) is 58.6 Å². The standard InChI is InChI=1S/C24H31FN2O3/c1-6-21(23(29)26-24(3,4)5)27(15-18-9-7-17(2)8-10-18)22(28)16-30-20-13-11-19(25)12-14-20/h7-14,21H,6,15-16H2,1-5H3,(H,26,29). The average molecular weight is 415 g/mol. The molecule has 0 saturated carbocycles. The van der Waals surface area contributed by atoms with Crippen LogP contribution in [-0.2, 0) is 16.1 Å². The summed E-state index contributed by atoms with van der Waals surface area (Å²) in [6, 6.07) is 12.7. The van der Waals surface area contributed by atoms with Gasteiger partial charge in [-0.1, -0.05) is 36.8 Å². The molecule has 0 heterocycles. The summed E-state index contributed by atoms with van der Waals surface area (Å²) in [5.41, 5.74) is 1.64. The summed E-state index contributed by atoms with van der Waals surface area (Å²) in [6.45, 7) is 9.64. The van der Waals surface area contributed by atoms with Crippen LogP contribution in [0.3, 0.4) is 0 Å². The number of nitrogens with zero attached hydrogens (tertiary/aromatic N) is 1. The van der Waals surface area contributed by atoms with Crippen molar-refractivity contribution >= 4 is 11.8 Å². The maximum Gasteiger partial charge on any atom is 0.261 e. The van der Waals surface area contributed by atoms with E-state index in [-0.39, 0.29) is 24.2 Å². The monoisotopic (exact) mass is 414 g/mol. The Kier molecular flexibility index (Phi) is 7.98. The third-order valence-electron chi connectivity index (χ3n) is 4.53. The highest BCUT2D eigenvalue weighted by molar-refractivity contribution is 5.88. The van der Waals surface area contributed by atoms with Crippen LogP contribution in [0.1, 0.15) is 45.2 Å². The summed E-state index contributed by atoms with van der Waals surface area (Å²) in [7, 11) is 0. The fraction of sp³-hybridized carbons (Fsp3) is 0.417. The van der Waals surface area contributed by atoms with Gasteiger partial charge in [-0.05, 0) is 63.9 Å². The number of carbonyl (C=O) groups excluding carboxylic acids is 2. The molecule has 2 rings (SSSR count). The Morgan fingerprint density at radius 3 is 2.20 bits per heavy atom. The zero-order valence-corrected chi connectivity index (χ0v) is 18.4. The van der Waals surface area contributed by atoms with Crippen molar-refractivity contribution in [3.05, 3.63) is 65.5 Å². The molecule has 0 spiro atoms. The number of aryl methyl sites for hydroxylation is 1. The van der Waals surface area contributed by atoms with Gasteiger partial charge in [0.2, 0.25) is 5.91 Å². The Labute approximate surface area is 178 Å². The van der Waals surface area contributed by atoms with Gasteiger partial charge >= 0.3 is 0 Å². The minimum absolute atomic E-state index is 0.202. The molecular weight excluding hydrogens is 383 g/mol. The van der Waals surface area contributed by atoms with Crippen LogP contribution >= 0.6 is 0 Å². The van der Waals surface area contributed by atoms with E-state index >= 15 is 0 Å². The summed E-state index contributed by atoms with van der Waals surface area (Å²) < 4.78 is 18.6. The Morgan fingerprint density at radius 1 is 1.07 bits per heavy atom. The van der Waals surface area contributed by atoms with Gasteiger partial charge in [0.05, 0.1) is 0 Å². The van der Waals surface area contributed by atoms with Gasteiger partial charge in [0.25, 0.3) is 5.91 Å². The number of amides is 2. The maximum atomic E-state index is 13.1. The number of hydrogen-bond acceptors (Lipinski definition) is 3. The Hall–Kier alpha value is -2.89. The van der Waals surface area contributed by atoms with Crippen LogP contribution in [0.25, 0.3) is 0 Å². The summed E-state index contributed by atoms with van der Waals surface area (Å²) in [6.07, 6.45) is 0.468. The first-order valence-electron chi connectivity index (χ1n) is 10.1. The van der Waals surface area contributed by atoms with E-state index in [1.807, 2.05) is 58.9 Å². The molecule has 2 aromatic rings. The zero-order valence-electron chi connectivity index (χ0n) is 18.4. The highest BCUT2D eigenvalue weighted by Crippen LogP contribution is 2.16. The van der Waals surface area contributed by atoms with Crippen molar-refractivity contribution in [3.63, 3.8) is 0 Å². The second-order valence-electron chi connectivity index (χ2n) is 8.41. The first-order valence-corrected chi connectivity index (χ1v) is 10.1. The fourth-order valence-corrected chi connectivity index (χ4v) is 3.02. The third-order valence-corrected chi connectivity index (χ3v) is 4.53. The van der Waals surface area contributed by atoms with Gasteiger partial charge in [0.1, 0.15) is 17.6 Å². The van der Waals surface area contributed by atoms with E-state index < -0.39 is 11.6 Å². The van der Waals surface area contributed by atoms with Crippen LogP contribution in [0.2, 0.25) is 0 Å². The fourth-order valence-electron chi connectivity index (χ4n) is 3.02. The average Bonchev–Trinajstić information content (AvgIpc) is 2.67. The largest absolute Gasteiger partial charge is 0.484 e. The lowest BCUT2D eigenvalue weighted by Crippen LogP contribution is -2.54. The molecule has 6 heteroatoms. The summed E-state index contributed by atoms with van der Waals surface area (Å²) in [5.74, 6) is -0.491. The molecule has 0 radical (unpaired) electrons. The van der Waals surface area contributed by atoms with Crippen LogP contribution in [0.15, 0.2) is 48.5 Å². The summed E-state index contributed by atoms with van der Waals surface area (Å²) >= 11 is 0. The summed E-state index contributed by atoms with van der Waals surface area (Å²) in [4.78, 5) is 27.5. The molecule has 30 heavy (non-hydrogen) atoms. The van der Waals surface area contributed by atoms with E-state index in [2.05, 4.69) is 5.32 Å². The maximum absolute atomic E-state index is 13.1. The van der Waals surface area contributed by atoms with Crippen molar-refractivity contribution in [2.24, 2.45) is 0 Å². The Balaban J connectivity index is 2.21. The van der Waals surface area contributed by atoms with Crippen molar-refractivity contribution in [1.82, 2.24) is 10.2 Å². The highest BCUT2D eigenvalue weighted by atomic mass is 19.1. The molecule has 1 unspecified atom stereocenters. The molecule has 0 aromatic heterocycles. The molecule has 0 saturated heterocycles. The smallest absolute Gasteiger partial charge is 0.261 e. The van der Waals surface area contributed by atoms with Crippen molar-refractivity contribution < 1.29 is 18.7 Å². The number of nitrogens with one attached hydrogen (secondary N) is 1. The second kappa shape index (κ2) is 10.2. The first kappa shape index (κ1) is 23.4. The molecule has 0 aliphatic heterocycles. The van der Waals surface area contributed by atoms with Gasteiger partial charge in [-0.25, -0.2) is 4.39 Å². The number of rotatable bonds is 8. The molecule has 162 valence electrons. The molecule has 1 N–H and O–H groups in total. The lowest BCUT2D eigenvalue weighted by atomic mass is 10.1. The van der Waals surface area contributed by atoms with Crippen molar-refractivity contribution in [2.45, 2.75) is 59.2 Å². The number of halogens is 1. The molecule has 2 amide bonds. The van der Waals surface area contributed by atoms with Crippen LogP contribution in [0.5, 0.6) is 5.75 Å². The van der Waals surface area contributed by atoms with E-state index in [4.69, 9.17) is 4.74 Å². The van der Waals surface area contributed by atoms with E-state index in [1.54, 1.807) is 4.90 Å². The van der Waals surface area contributed by atoms with Gasteiger partial charge in [-0.2, -0.15) is 0 Å². The molecular formula is C24H31FN2O3. The number of carbonyl (C=O) groups is 2. The van der Waals surface area contributed by atoms with Gasteiger partial charge < -0.3 is 15.0 Å². The third kappa shape index (κ3) is 7.17. The SMILES string of the molecule is CCC(C(=O)NC(C)(C)C)N(Cc1ccc(C)cc1)C(=O)COc1ccc(F)cc1. The Morgan fingerprint density at radius 2 is 1.67 bits per heavy atom. The van der Waals surface area contributed by atoms with E-state index in [0.717, 1.165) is 11.1 Å². The van der Waals surface area contributed by atoms with Gasteiger partial charge in [-0.15, -0.1) is 0 Å². The number of hydrogen-bond donors (Lipinski definition) is 1. The first-order chi connectivity index (χ1) is 14.1. The van der Waals surface area contributed by atoms with E-state index in [1.165, 1.54) is 24.3 Å². The minimum Gasteiger partial charge on any atom is -0.484 e. The predicted octanol–water partition coefficient (Wildman–Crippen LogP) is 4.24. The van der Waals surface area contributed by atoms with Crippen LogP contribution < -0.4 is 10.1 Å². The van der Waals surface area contributed by atoms with Crippen LogP contribution in [-0.4, -0.2) is 34.9 Å². The number of ether oxygens (including phenoxy) is 1. The number of benzene rings is 2. The van der Waals surface area contributed by atoms with Gasteiger partial charge in [-0.3, -0.25) is 9.59 Å². The van der Waals surface area contributed by atoms with Crippen LogP contribution in [0, 0.1) is 12.7 Å². The van der Waals surface area contributed by atoms with E-state index in [0.29, 0.717) is 18.7 Å². The van der Waals surface area contributed by atoms with Gasteiger partial charge in [0, 0.05) is 12.1 Å². The molecule has 5 nitrogen and oxygen atoms in total. The predicted molar refractivity (Wildman–Crippen MR) is 116 cm³/mol. The quantitative estimate of drug-likeness (QED) is 0.703. The van der Waals surface area contributed by atoms with Gasteiger partial charge in [0.15, 0.2) is 6.61 Å². The second-order valence-corrected chi connectivity index (χ2v) is 8.41. The Bertz CT molecular complexity index is 842. The van der Waals surface area contributed by atoms with E-state index in [9.17, 15) is 14.0 Å². The lowest BCUT2D eigenvalue weighted by Gasteiger charge is -2.33. The molecule has 2 aromatic carbocycles. The molecule has 0 fully saturated rings. The zero-order chi connectivity index (χ0) is 22.3. The molecule has 0 bridgehead atoms. The van der Waals surface area contributed by atoms with Crippen LogP contribution in [0.4, 0.5) is 4.39 Å². The normalized spacial score (nSPS) is 12.2. The van der Waals surface area contributed by atoms with Crippen molar-refractivity contribution in [3.8, 4) is 5.75 Å². The van der Waals surface area contributed by atoms with Crippen molar-refractivity contribution in [2.75, 3.05) is 6.61 Å². The lowest BCUT2D eigenvalue weighted by molar-refractivity contribution is -0.143. The van der Waals surface area contributed by atoms with Crippen molar-refractivity contribution in [1.29, 1.82) is 0 Å². The molecule has 1 atom stereocenters. The highest BCUT2D eigenvalue weighted by Gasteiger charge is 2.30.